The first kappa shape index (κ1) is 23.2. The highest BCUT2D eigenvalue weighted by atomic mass is 35.5. The van der Waals surface area contributed by atoms with Gasteiger partial charge in [-0.2, -0.15) is 0 Å². The van der Waals surface area contributed by atoms with E-state index >= 15 is 0 Å². The zero-order valence-corrected chi connectivity index (χ0v) is 20.0. The van der Waals surface area contributed by atoms with Crippen molar-refractivity contribution in [2.24, 2.45) is 0 Å². The molecule has 0 radical (unpaired) electrons. The van der Waals surface area contributed by atoms with Gasteiger partial charge in [0, 0.05) is 41.9 Å². The molecular weight excluding hydrogens is 444 g/mol. The number of ketones is 1. The van der Waals surface area contributed by atoms with Gasteiger partial charge in [0.25, 0.3) is 0 Å². The zero-order valence-electron chi connectivity index (χ0n) is 18.4. The molecule has 0 atom stereocenters. The Bertz CT molecular complexity index is 1030. The van der Waals surface area contributed by atoms with Crippen molar-refractivity contribution in [2.45, 2.75) is 18.9 Å². The zero-order chi connectivity index (χ0) is 22.5. The number of nitrogens with one attached hydrogen (secondary N) is 1. The molecule has 2 fully saturated rings. The highest BCUT2D eigenvalue weighted by Crippen LogP contribution is 2.28. The lowest BCUT2D eigenvalue weighted by atomic mass is 10.0. The number of hydrogen-bond donors (Lipinski definition) is 1. The summed E-state index contributed by atoms with van der Waals surface area (Å²) in [6.45, 7) is 6.36. The minimum Gasteiger partial charge on any atom is -0.339 e. The number of piperidine rings is 1. The summed E-state index contributed by atoms with van der Waals surface area (Å²) in [6.07, 6.45) is 2.44. The van der Waals surface area contributed by atoms with E-state index in [1.165, 1.54) is 24.2 Å². The van der Waals surface area contributed by atoms with Crippen molar-refractivity contribution in [3.8, 4) is 11.8 Å². The predicted octanol–water partition coefficient (Wildman–Crippen LogP) is 2.57. The highest BCUT2D eigenvalue weighted by Gasteiger charge is 2.27. The Balaban J connectivity index is 1.17. The molecule has 6 nitrogen and oxygen atoms in total. The number of carbonyl (C=O) groups is 2. The van der Waals surface area contributed by atoms with Crippen molar-refractivity contribution in [3.05, 3.63) is 34.2 Å². The number of benzene rings is 1. The van der Waals surface area contributed by atoms with E-state index in [-0.39, 0.29) is 18.2 Å². The Morgan fingerprint density at radius 2 is 1.88 bits per heavy atom. The van der Waals surface area contributed by atoms with Crippen LogP contribution in [0.3, 0.4) is 0 Å². The van der Waals surface area contributed by atoms with E-state index in [0.29, 0.717) is 22.5 Å². The summed E-state index contributed by atoms with van der Waals surface area (Å²) in [5.74, 6) is 5.39. The molecule has 2 aromatic rings. The summed E-state index contributed by atoms with van der Waals surface area (Å²) in [5.41, 5.74) is 0. The number of Topliss-reactive ketones (excluding diaryl/α,β-unsaturated/α-hetero) is 1. The fourth-order valence-corrected chi connectivity index (χ4v) is 5.58. The van der Waals surface area contributed by atoms with Crippen LogP contribution in [0, 0.1) is 11.8 Å². The van der Waals surface area contributed by atoms with Gasteiger partial charge in [-0.25, -0.2) is 0 Å². The molecule has 0 bridgehead atoms. The van der Waals surface area contributed by atoms with E-state index in [2.05, 4.69) is 34.0 Å². The minimum absolute atomic E-state index is 0.0996. The highest BCUT2D eigenvalue weighted by molar-refractivity contribution is 7.21. The first-order valence-electron chi connectivity index (χ1n) is 11.1. The third kappa shape index (κ3) is 5.89. The maximum Gasteiger partial charge on any atom is 0.245 e. The summed E-state index contributed by atoms with van der Waals surface area (Å²) in [4.78, 5) is 32.3. The van der Waals surface area contributed by atoms with E-state index in [4.69, 9.17) is 11.6 Å². The molecule has 1 aromatic carbocycles. The van der Waals surface area contributed by atoms with Crippen LogP contribution in [0.5, 0.6) is 0 Å². The second kappa shape index (κ2) is 10.8. The normalized spacial score (nSPS) is 18.5. The van der Waals surface area contributed by atoms with E-state index in [1.807, 2.05) is 29.2 Å². The summed E-state index contributed by atoms with van der Waals surface area (Å²) in [7, 11) is 2.18. The number of piperazine rings is 1. The number of nitrogens with zero attached hydrogens (tertiary/aromatic N) is 3. The lowest BCUT2D eigenvalue weighted by Crippen LogP contribution is -2.55. The van der Waals surface area contributed by atoms with Gasteiger partial charge in [-0.3, -0.25) is 19.8 Å². The molecule has 3 heterocycles. The van der Waals surface area contributed by atoms with Crippen LogP contribution in [0.2, 0.25) is 5.02 Å². The smallest absolute Gasteiger partial charge is 0.245 e. The van der Waals surface area contributed by atoms with Crippen molar-refractivity contribution in [2.75, 3.05) is 59.4 Å². The fourth-order valence-electron chi connectivity index (χ4n) is 4.34. The molecule has 0 saturated carbocycles. The number of amides is 1. The molecule has 1 N–H and O–H groups in total. The molecule has 2 saturated heterocycles. The van der Waals surface area contributed by atoms with Gasteiger partial charge in [0.15, 0.2) is 0 Å². The minimum atomic E-state index is -0.208. The Hall–Kier alpha value is -1.95. The number of rotatable bonds is 5. The summed E-state index contributed by atoms with van der Waals surface area (Å²) in [6, 6.07) is 8.07. The SMILES string of the molecule is CN1CCC(N2CCN(C(=O)CNCC#CC(=O)c3cc4ccc(Cl)cc4s3)CC2)CC1. The van der Waals surface area contributed by atoms with Crippen molar-refractivity contribution in [1.29, 1.82) is 0 Å². The first-order chi connectivity index (χ1) is 15.5. The summed E-state index contributed by atoms with van der Waals surface area (Å²) < 4.78 is 0.974. The van der Waals surface area contributed by atoms with Gasteiger partial charge in [0.2, 0.25) is 11.7 Å². The van der Waals surface area contributed by atoms with Crippen molar-refractivity contribution < 1.29 is 9.59 Å². The molecule has 1 amide bonds. The van der Waals surface area contributed by atoms with Crippen LogP contribution in [-0.4, -0.2) is 91.8 Å². The quantitative estimate of drug-likeness (QED) is 0.314. The molecule has 4 rings (SSSR count). The molecule has 2 aliphatic heterocycles. The number of hydrogen-bond acceptors (Lipinski definition) is 6. The third-order valence-corrected chi connectivity index (χ3v) is 7.60. The first-order valence-corrected chi connectivity index (χ1v) is 12.3. The topological polar surface area (TPSA) is 55.9 Å². The van der Waals surface area contributed by atoms with Gasteiger partial charge in [0.05, 0.1) is 18.0 Å². The fraction of sp³-hybridized carbons (Fsp3) is 0.500. The summed E-state index contributed by atoms with van der Waals surface area (Å²) in [5, 5.41) is 4.70. The maximum atomic E-state index is 12.5. The van der Waals surface area contributed by atoms with Gasteiger partial charge >= 0.3 is 0 Å². The van der Waals surface area contributed by atoms with E-state index in [0.717, 1.165) is 49.4 Å². The maximum absolute atomic E-state index is 12.5. The number of carbonyl (C=O) groups excluding carboxylic acids is 2. The van der Waals surface area contributed by atoms with Crippen LogP contribution in [0.1, 0.15) is 22.5 Å². The number of halogens is 1. The Labute approximate surface area is 198 Å². The van der Waals surface area contributed by atoms with Crippen molar-refractivity contribution in [1.82, 2.24) is 20.0 Å². The van der Waals surface area contributed by atoms with Crippen molar-refractivity contribution >= 4 is 44.7 Å². The van der Waals surface area contributed by atoms with Gasteiger partial charge < -0.3 is 9.80 Å². The Morgan fingerprint density at radius 1 is 1.12 bits per heavy atom. The molecule has 8 heteroatoms. The van der Waals surface area contributed by atoms with Crippen LogP contribution in [0.15, 0.2) is 24.3 Å². The van der Waals surface area contributed by atoms with Gasteiger partial charge in [-0.05, 0) is 62.5 Å². The molecule has 170 valence electrons. The average molecular weight is 473 g/mol. The van der Waals surface area contributed by atoms with Gasteiger partial charge in [-0.1, -0.05) is 23.6 Å². The molecular formula is C24H29ClN4O2S. The van der Waals surface area contributed by atoms with Crippen LogP contribution in [0.4, 0.5) is 0 Å². The molecule has 1 aromatic heterocycles. The number of fused-ring (bicyclic) bond motifs is 1. The number of thiophene rings is 1. The third-order valence-electron chi connectivity index (χ3n) is 6.27. The second-order valence-electron chi connectivity index (χ2n) is 8.48. The van der Waals surface area contributed by atoms with Gasteiger partial charge in [-0.15, -0.1) is 11.3 Å². The second-order valence-corrected chi connectivity index (χ2v) is 10.00. The van der Waals surface area contributed by atoms with E-state index in [1.54, 1.807) is 0 Å². The lowest BCUT2D eigenvalue weighted by molar-refractivity contribution is -0.132. The monoisotopic (exact) mass is 472 g/mol. The molecule has 0 unspecified atom stereocenters. The molecule has 0 aliphatic carbocycles. The van der Waals surface area contributed by atoms with Crippen LogP contribution >= 0.6 is 22.9 Å². The Kier molecular flexibility index (Phi) is 7.82. The number of likely N-dealkylation sites (tertiary alicyclic amines) is 1. The lowest BCUT2D eigenvalue weighted by Gasteiger charge is -2.42. The predicted molar refractivity (Wildman–Crippen MR) is 130 cm³/mol. The van der Waals surface area contributed by atoms with Crippen molar-refractivity contribution in [3.63, 3.8) is 0 Å². The van der Waals surface area contributed by atoms with Crippen LogP contribution < -0.4 is 5.32 Å². The van der Waals surface area contributed by atoms with Crippen LogP contribution in [0.25, 0.3) is 10.1 Å². The average Bonchev–Trinajstić information content (AvgIpc) is 3.22. The largest absolute Gasteiger partial charge is 0.339 e. The molecule has 2 aliphatic rings. The van der Waals surface area contributed by atoms with Crippen LogP contribution in [-0.2, 0) is 4.79 Å². The van der Waals surface area contributed by atoms with E-state index < -0.39 is 0 Å². The summed E-state index contributed by atoms with van der Waals surface area (Å²) >= 11 is 7.40. The molecule has 32 heavy (non-hydrogen) atoms. The standard InChI is InChI=1S/C24H29ClN4O2S/c1-27-9-6-20(7-10-27)28-11-13-29(14-12-28)24(31)17-26-8-2-3-21(30)23-15-18-4-5-19(25)16-22(18)32-23/h4-5,15-16,20,26H,6-14,17H2,1H3. The molecule has 0 spiro atoms. The van der Waals surface area contributed by atoms with E-state index in [9.17, 15) is 9.59 Å². The van der Waals surface area contributed by atoms with Gasteiger partial charge in [0.1, 0.15) is 0 Å². The Morgan fingerprint density at radius 3 is 2.62 bits per heavy atom.